The van der Waals surface area contributed by atoms with Crippen LogP contribution in [0, 0.1) is 11.8 Å². The number of rotatable bonds is 23. The number of carbonyl (C=O) groups is 1. The molecule has 0 saturated heterocycles. The summed E-state index contributed by atoms with van der Waals surface area (Å²) in [7, 11) is 0. The van der Waals surface area contributed by atoms with Crippen molar-refractivity contribution in [3.8, 4) is 0 Å². The van der Waals surface area contributed by atoms with Gasteiger partial charge in [-0.05, 0) is 63.7 Å². The lowest BCUT2D eigenvalue weighted by molar-refractivity contribution is -0.117. The summed E-state index contributed by atoms with van der Waals surface area (Å²) < 4.78 is 0. The summed E-state index contributed by atoms with van der Waals surface area (Å²) in [4.78, 5) is 10.9. The molecule has 1 aliphatic rings. The van der Waals surface area contributed by atoms with Gasteiger partial charge in [-0.2, -0.15) is 0 Å². The van der Waals surface area contributed by atoms with Crippen LogP contribution in [0.3, 0.4) is 0 Å². The first kappa shape index (κ1) is 30.0. The second-order valence-electron chi connectivity index (χ2n) is 10.9. The van der Waals surface area contributed by atoms with Crippen molar-refractivity contribution >= 4 is 5.78 Å². The maximum atomic E-state index is 10.9. The van der Waals surface area contributed by atoms with Crippen LogP contribution in [0.2, 0.25) is 0 Å². The zero-order valence-corrected chi connectivity index (χ0v) is 22.3. The Kier molecular flexibility index (Phi) is 19.5. The Morgan fingerprint density at radius 1 is 0.697 bits per heavy atom. The number of nitrogens with one attached hydrogen (secondary N) is 1. The first-order valence-corrected chi connectivity index (χ1v) is 14.7. The minimum Gasteiger partial charge on any atom is -0.389 e. The van der Waals surface area contributed by atoms with Gasteiger partial charge in [0.2, 0.25) is 0 Å². The van der Waals surface area contributed by atoms with Crippen molar-refractivity contribution in [3.63, 3.8) is 0 Å². The van der Waals surface area contributed by atoms with Crippen molar-refractivity contribution in [2.45, 2.75) is 148 Å². The molecule has 0 aromatic rings. The van der Waals surface area contributed by atoms with Gasteiger partial charge in [-0.25, -0.2) is 0 Å². The third-order valence-corrected chi connectivity index (χ3v) is 7.62. The molecular formula is C31H57NO. The van der Waals surface area contributed by atoms with Crippen LogP contribution in [0.5, 0.6) is 0 Å². The van der Waals surface area contributed by atoms with Gasteiger partial charge in [-0.15, -0.1) is 6.58 Å². The van der Waals surface area contributed by atoms with Gasteiger partial charge in [0.25, 0.3) is 0 Å². The zero-order chi connectivity index (χ0) is 24.0. The highest BCUT2D eigenvalue weighted by molar-refractivity contribution is 5.75. The minimum atomic E-state index is 0.344. The predicted molar refractivity (Wildman–Crippen MR) is 147 cm³/mol. The normalized spacial score (nSPS) is 18.2. The third kappa shape index (κ3) is 19.0. The molecule has 1 saturated carbocycles. The first-order chi connectivity index (χ1) is 16.1. The minimum absolute atomic E-state index is 0.344. The molecule has 1 aliphatic carbocycles. The quantitative estimate of drug-likeness (QED) is 0.122. The Morgan fingerprint density at radius 2 is 1.09 bits per heavy atom. The molecule has 2 nitrogen and oxygen atoms in total. The van der Waals surface area contributed by atoms with Gasteiger partial charge in [0.15, 0.2) is 0 Å². The Balaban J connectivity index is 1.74. The summed E-state index contributed by atoms with van der Waals surface area (Å²) in [5.41, 5.74) is 1.26. The molecule has 1 N–H and O–H groups in total. The molecule has 0 unspecified atom stereocenters. The molecule has 1 fully saturated rings. The van der Waals surface area contributed by atoms with E-state index in [1.807, 2.05) is 0 Å². The number of carbonyl (C=O) groups excluding carboxylic acids is 1. The van der Waals surface area contributed by atoms with Crippen LogP contribution in [-0.2, 0) is 4.79 Å². The molecule has 0 atom stereocenters. The highest BCUT2D eigenvalue weighted by Crippen LogP contribution is 2.29. The second-order valence-corrected chi connectivity index (χ2v) is 10.9. The van der Waals surface area contributed by atoms with Crippen LogP contribution in [0.4, 0.5) is 0 Å². The van der Waals surface area contributed by atoms with Crippen LogP contribution < -0.4 is 5.32 Å². The smallest absolute Gasteiger partial charge is 0.129 e. The Bertz CT molecular complexity index is 489. The van der Waals surface area contributed by atoms with Gasteiger partial charge >= 0.3 is 0 Å². The van der Waals surface area contributed by atoms with Crippen LogP contribution in [0.1, 0.15) is 148 Å². The summed E-state index contributed by atoms with van der Waals surface area (Å²) in [6.07, 6.45) is 31.3. The number of Topliss-reactive ketones (excluding diaryl/α,β-unsaturated/α-hetero) is 1. The summed E-state index contributed by atoms with van der Waals surface area (Å²) >= 11 is 0. The zero-order valence-electron chi connectivity index (χ0n) is 22.3. The summed E-state index contributed by atoms with van der Waals surface area (Å²) in [6.45, 7) is 11.0. The van der Waals surface area contributed by atoms with Gasteiger partial charge in [0, 0.05) is 18.7 Å². The van der Waals surface area contributed by atoms with Crippen molar-refractivity contribution in [3.05, 3.63) is 24.9 Å². The average Bonchev–Trinajstić information content (AvgIpc) is 2.82. The molecule has 0 bridgehead atoms. The molecule has 0 aromatic carbocycles. The van der Waals surface area contributed by atoms with Crippen LogP contribution in [-0.4, -0.2) is 12.3 Å². The number of hydrogen-bond acceptors (Lipinski definition) is 2. The first-order valence-electron chi connectivity index (χ1n) is 14.7. The van der Waals surface area contributed by atoms with E-state index in [4.69, 9.17) is 0 Å². The number of ketones is 1. The van der Waals surface area contributed by atoms with Crippen molar-refractivity contribution in [2.24, 2.45) is 11.8 Å². The SMILES string of the molecule is C=CC1CCC(CNC(=C)CCCCCCCCCCCCCCCCCCC(C)=O)CC1. The molecule has 0 radical (unpaired) electrons. The average molecular weight is 460 g/mol. The van der Waals surface area contributed by atoms with E-state index in [-0.39, 0.29) is 0 Å². The summed E-state index contributed by atoms with van der Waals surface area (Å²) in [5, 5.41) is 3.61. The van der Waals surface area contributed by atoms with E-state index in [0.717, 1.165) is 37.6 Å². The third-order valence-electron chi connectivity index (χ3n) is 7.62. The molecule has 33 heavy (non-hydrogen) atoms. The largest absolute Gasteiger partial charge is 0.389 e. The van der Waals surface area contributed by atoms with Crippen molar-refractivity contribution in [2.75, 3.05) is 6.54 Å². The molecule has 0 spiro atoms. The molecule has 2 heteroatoms. The standard InChI is InChI=1S/C31H57NO/c1-4-30-23-25-31(26-24-30)27-32-28(2)21-19-17-15-13-11-9-7-5-6-8-10-12-14-16-18-20-22-29(3)33/h4,30-32H,1-2,5-27H2,3H3. The van der Waals surface area contributed by atoms with Crippen molar-refractivity contribution in [1.82, 2.24) is 5.32 Å². The molecule has 0 heterocycles. The van der Waals surface area contributed by atoms with Crippen molar-refractivity contribution in [1.29, 1.82) is 0 Å². The van der Waals surface area contributed by atoms with Crippen LogP contribution in [0.15, 0.2) is 24.9 Å². The lowest BCUT2D eigenvalue weighted by Gasteiger charge is -2.27. The maximum Gasteiger partial charge on any atom is 0.129 e. The van der Waals surface area contributed by atoms with E-state index >= 15 is 0 Å². The van der Waals surface area contributed by atoms with E-state index < -0.39 is 0 Å². The summed E-state index contributed by atoms with van der Waals surface area (Å²) in [5.74, 6) is 1.95. The molecular weight excluding hydrogens is 402 g/mol. The van der Waals surface area contributed by atoms with Gasteiger partial charge in [-0.1, -0.05) is 103 Å². The Labute approximate surface area is 207 Å². The molecule has 0 aliphatic heterocycles. The van der Waals surface area contributed by atoms with Gasteiger partial charge in [0.05, 0.1) is 0 Å². The highest BCUT2D eigenvalue weighted by Gasteiger charge is 2.18. The lowest BCUT2D eigenvalue weighted by Crippen LogP contribution is -2.25. The van der Waals surface area contributed by atoms with E-state index in [1.54, 1.807) is 6.92 Å². The molecule has 192 valence electrons. The summed E-state index contributed by atoms with van der Waals surface area (Å²) in [6, 6.07) is 0. The molecule has 0 amide bonds. The monoisotopic (exact) mass is 459 g/mol. The van der Waals surface area contributed by atoms with Gasteiger partial charge in [-0.3, -0.25) is 0 Å². The fraction of sp³-hybridized carbons (Fsp3) is 0.839. The number of allylic oxidation sites excluding steroid dienone is 2. The van der Waals surface area contributed by atoms with E-state index in [9.17, 15) is 4.79 Å². The van der Waals surface area contributed by atoms with Crippen molar-refractivity contribution < 1.29 is 4.79 Å². The fourth-order valence-corrected chi connectivity index (χ4v) is 5.19. The predicted octanol–water partition coefficient (Wildman–Crippen LogP) is 9.69. The van der Waals surface area contributed by atoms with E-state index in [1.165, 1.54) is 128 Å². The Morgan fingerprint density at radius 3 is 1.48 bits per heavy atom. The van der Waals surface area contributed by atoms with E-state index in [2.05, 4.69) is 24.6 Å². The topological polar surface area (TPSA) is 29.1 Å². The van der Waals surface area contributed by atoms with E-state index in [0.29, 0.717) is 5.78 Å². The fourth-order valence-electron chi connectivity index (χ4n) is 5.19. The molecule has 0 aromatic heterocycles. The van der Waals surface area contributed by atoms with Crippen LogP contribution in [0.25, 0.3) is 0 Å². The van der Waals surface area contributed by atoms with Crippen LogP contribution >= 0.6 is 0 Å². The van der Waals surface area contributed by atoms with Gasteiger partial charge < -0.3 is 10.1 Å². The Hall–Kier alpha value is -1.05. The van der Waals surface area contributed by atoms with Gasteiger partial charge in [0.1, 0.15) is 5.78 Å². The number of unbranched alkanes of at least 4 members (excludes halogenated alkanes) is 15. The number of hydrogen-bond donors (Lipinski definition) is 1. The lowest BCUT2D eigenvalue weighted by atomic mass is 9.82. The highest BCUT2D eigenvalue weighted by atomic mass is 16.1. The second kappa shape index (κ2) is 21.5. The molecule has 1 rings (SSSR count). The maximum absolute atomic E-state index is 10.9.